The van der Waals surface area contributed by atoms with Crippen LogP contribution < -0.4 is 16.2 Å². The summed E-state index contributed by atoms with van der Waals surface area (Å²) in [6.45, 7) is 0.994. The van der Waals surface area contributed by atoms with Gasteiger partial charge in [-0.3, -0.25) is 14.8 Å². The quantitative estimate of drug-likeness (QED) is 0.248. The zero-order valence-corrected chi connectivity index (χ0v) is 17.8. The number of aromatic amines is 1. The highest BCUT2D eigenvalue weighted by Gasteiger charge is 2.53. The van der Waals surface area contributed by atoms with E-state index in [-0.39, 0.29) is 12.3 Å². The summed E-state index contributed by atoms with van der Waals surface area (Å²) in [7, 11) is 0. The summed E-state index contributed by atoms with van der Waals surface area (Å²) in [6.07, 6.45) is 0.990. The van der Waals surface area contributed by atoms with Crippen LogP contribution in [0.3, 0.4) is 0 Å². The van der Waals surface area contributed by atoms with Crippen LogP contribution >= 0.6 is 0 Å². The molecule has 0 saturated carbocycles. The van der Waals surface area contributed by atoms with Gasteiger partial charge in [0.2, 0.25) is 5.91 Å². The van der Waals surface area contributed by atoms with E-state index in [4.69, 9.17) is 4.74 Å². The first-order chi connectivity index (χ1) is 15.9. The first kappa shape index (κ1) is 21.6. The number of para-hydroxylation sites is 1. The smallest absolute Gasteiger partial charge is 0.238 e. The molecule has 4 unspecified atom stereocenters. The molecule has 7 N–H and O–H groups in total. The minimum atomic E-state index is -1.66. The highest BCUT2D eigenvalue weighted by Crippen LogP contribution is 2.41. The van der Waals surface area contributed by atoms with Gasteiger partial charge in [0, 0.05) is 17.1 Å². The minimum Gasteiger partial charge on any atom is -0.394 e. The Balaban J connectivity index is 1.28. The Morgan fingerprint density at radius 3 is 2.97 bits per heavy atom. The molecule has 2 aliphatic rings. The lowest BCUT2D eigenvalue weighted by Gasteiger charge is -2.29. The molecule has 33 heavy (non-hydrogen) atoms. The van der Waals surface area contributed by atoms with Crippen molar-refractivity contribution in [3.8, 4) is 0 Å². The molecule has 12 heteroatoms. The van der Waals surface area contributed by atoms with Gasteiger partial charge >= 0.3 is 0 Å². The molecule has 2 aliphatic heterocycles. The maximum absolute atomic E-state index is 12.5. The van der Waals surface area contributed by atoms with Gasteiger partial charge in [0.1, 0.15) is 29.3 Å². The number of hydrazine groups is 1. The summed E-state index contributed by atoms with van der Waals surface area (Å²) in [5, 5.41) is 34.4. The number of benzene rings is 1. The third-order valence-electron chi connectivity index (χ3n) is 6.07. The van der Waals surface area contributed by atoms with Gasteiger partial charge in [0.15, 0.2) is 12.4 Å². The van der Waals surface area contributed by atoms with Crippen LogP contribution in [0.2, 0.25) is 0 Å². The Morgan fingerprint density at radius 1 is 1.36 bits per heavy atom. The molecular formula is C21H25N7O5. The number of H-pyrrole nitrogens is 1. The largest absolute Gasteiger partial charge is 0.394 e. The average molecular weight is 455 g/mol. The zero-order chi connectivity index (χ0) is 23.2. The minimum absolute atomic E-state index is 0.173. The van der Waals surface area contributed by atoms with Crippen molar-refractivity contribution >= 4 is 29.0 Å². The lowest BCUT2D eigenvalue weighted by atomic mass is 9.96. The lowest BCUT2D eigenvalue weighted by molar-refractivity contribution is -0.121. The molecule has 0 radical (unpaired) electrons. The first-order valence-electron chi connectivity index (χ1n) is 10.5. The molecule has 0 bridgehead atoms. The van der Waals surface area contributed by atoms with Crippen molar-refractivity contribution in [1.29, 1.82) is 0 Å². The molecule has 5 atom stereocenters. The Hall–Kier alpha value is -3.29. The van der Waals surface area contributed by atoms with Crippen molar-refractivity contribution in [3.63, 3.8) is 0 Å². The van der Waals surface area contributed by atoms with E-state index in [0.29, 0.717) is 11.5 Å². The van der Waals surface area contributed by atoms with Gasteiger partial charge in [0.05, 0.1) is 25.7 Å². The van der Waals surface area contributed by atoms with Crippen molar-refractivity contribution in [1.82, 2.24) is 25.4 Å². The summed E-state index contributed by atoms with van der Waals surface area (Å²) in [5.41, 5.74) is 6.19. The van der Waals surface area contributed by atoms with E-state index >= 15 is 0 Å². The number of aliphatic hydroxyl groups is 3. The molecule has 2 aromatic heterocycles. The fraction of sp³-hybridized carbons (Fsp3) is 0.381. The number of aromatic nitrogens is 3. The number of imidazole rings is 1. The van der Waals surface area contributed by atoms with Crippen molar-refractivity contribution in [2.45, 2.75) is 43.5 Å². The number of anilines is 1. The average Bonchev–Trinajstić information content (AvgIpc) is 3.48. The molecule has 0 aliphatic carbocycles. The second-order valence-corrected chi connectivity index (χ2v) is 8.32. The summed E-state index contributed by atoms with van der Waals surface area (Å²) in [5.74, 6) is 0.231. The highest BCUT2D eigenvalue weighted by molar-refractivity contribution is 5.88. The molecule has 0 spiro atoms. The van der Waals surface area contributed by atoms with Gasteiger partial charge in [-0.15, -0.1) is 0 Å². The predicted octanol–water partition coefficient (Wildman–Crippen LogP) is -0.318. The third kappa shape index (κ3) is 3.67. The SMILES string of the molecule is C[C@@]1(O)C(O)C(CO)OC1n1cnc2c1NC=NC2NNC(=O)Cc1c[nH]c2ccccc12. The van der Waals surface area contributed by atoms with Gasteiger partial charge in [0.25, 0.3) is 0 Å². The monoisotopic (exact) mass is 455 g/mol. The Bertz CT molecular complexity index is 1200. The number of aliphatic hydroxyl groups excluding tert-OH is 2. The van der Waals surface area contributed by atoms with Crippen LogP contribution in [0, 0.1) is 0 Å². The van der Waals surface area contributed by atoms with E-state index in [1.807, 2.05) is 30.5 Å². The number of aliphatic imine (C=N–C) groups is 1. The molecule has 1 fully saturated rings. The van der Waals surface area contributed by atoms with E-state index in [9.17, 15) is 20.1 Å². The van der Waals surface area contributed by atoms with Crippen molar-refractivity contribution in [3.05, 3.63) is 48.0 Å². The first-order valence-corrected chi connectivity index (χ1v) is 10.5. The predicted molar refractivity (Wildman–Crippen MR) is 118 cm³/mol. The number of amides is 1. The standard InChI is InChI=1S/C21H25N7O5/c1-21(32)17(31)14(8-29)33-20(21)28-10-25-16-18(23-9-24-19(16)28)27-26-15(30)6-11-7-22-13-5-3-2-4-12(11)13/h2-5,7,9-10,14,17-18,20,22,27,29,31-32H,6,8H2,1H3,(H,23,24)(H,26,30)/t14?,17?,18?,20?,21-/m1/s1. The molecule has 4 heterocycles. The van der Waals surface area contributed by atoms with Crippen molar-refractivity contribution in [2.24, 2.45) is 4.99 Å². The van der Waals surface area contributed by atoms with Gasteiger partial charge in [-0.25, -0.2) is 15.4 Å². The lowest BCUT2D eigenvalue weighted by Crippen LogP contribution is -2.44. The molecule has 1 aromatic carbocycles. The Morgan fingerprint density at radius 2 is 2.18 bits per heavy atom. The van der Waals surface area contributed by atoms with Crippen molar-refractivity contribution < 1.29 is 24.9 Å². The van der Waals surface area contributed by atoms with Crippen LogP contribution in [0.1, 0.15) is 30.6 Å². The summed E-state index contributed by atoms with van der Waals surface area (Å²) >= 11 is 0. The Labute approximate surface area is 188 Å². The van der Waals surface area contributed by atoms with Gasteiger partial charge < -0.3 is 30.4 Å². The van der Waals surface area contributed by atoms with Crippen LogP contribution in [0.4, 0.5) is 5.82 Å². The number of ether oxygens (including phenoxy) is 1. The van der Waals surface area contributed by atoms with Crippen LogP contribution in [0.5, 0.6) is 0 Å². The fourth-order valence-corrected chi connectivity index (χ4v) is 4.29. The van der Waals surface area contributed by atoms with Gasteiger partial charge in [-0.1, -0.05) is 18.2 Å². The van der Waals surface area contributed by atoms with Crippen LogP contribution in [-0.2, 0) is 16.0 Å². The van der Waals surface area contributed by atoms with E-state index in [1.54, 1.807) is 0 Å². The number of hydrogen-bond acceptors (Lipinski definition) is 9. The zero-order valence-electron chi connectivity index (χ0n) is 17.8. The maximum Gasteiger partial charge on any atom is 0.238 e. The number of carbonyl (C=O) groups excluding carboxylic acids is 1. The second kappa shape index (κ2) is 8.24. The number of hydrogen-bond donors (Lipinski definition) is 7. The summed E-state index contributed by atoms with van der Waals surface area (Å²) in [6, 6.07) is 7.75. The molecule has 12 nitrogen and oxygen atoms in total. The van der Waals surface area contributed by atoms with Crippen LogP contribution in [0.15, 0.2) is 41.8 Å². The molecular weight excluding hydrogens is 430 g/mol. The summed E-state index contributed by atoms with van der Waals surface area (Å²) < 4.78 is 7.20. The highest BCUT2D eigenvalue weighted by atomic mass is 16.6. The van der Waals surface area contributed by atoms with Gasteiger partial charge in [-0.2, -0.15) is 0 Å². The van der Waals surface area contributed by atoms with E-state index in [2.05, 4.69) is 31.1 Å². The number of rotatable bonds is 6. The summed E-state index contributed by atoms with van der Waals surface area (Å²) in [4.78, 5) is 24.3. The fourth-order valence-electron chi connectivity index (χ4n) is 4.29. The van der Waals surface area contributed by atoms with Gasteiger partial charge in [-0.05, 0) is 18.6 Å². The maximum atomic E-state index is 12.5. The Kier molecular flexibility index (Phi) is 5.38. The molecule has 3 aromatic rings. The number of carbonyl (C=O) groups is 1. The molecule has 5 rings (SSSR count). The van der Waals surface area contributed by atoms with Crippen molar-refractivity contribution in [2.75, 3.05) is 11.9 Å². The second-order valence-electron chi connectivity index (χ2n) is 8.32. The third-order valence-corrected chi connectivity index (χ3v) is 6.07. The molecule has 1 saturated heterocycles. The molecule has 1 amide bonds. The van der Waals surface area contributed by atoms with E-state index in [0.717, 1.165) is 16.5 Å². The number of fused-ring (bicyclic) bond motifs is 2. The number of nitrogens with one attached hydrogen (secondary N) is 4. The number of nitrogens with zero attached hydrogens (tertiary/aromatic N) is 3. The van der Waals surface area contributed by atoms with E-state index in [1.165, 1.54) is 24.2 Å². The molecule has 174 valence electrons. The van der Waals surface area contributed by atoms with Crippen LogP contribution in [0.25, 0.3) is 10.9 Å². The topological polar surface area (TPSA) is 169 Å². The normalized spacial score (nSPS) is 28.6. The van der Waals surface area contributed by atoms with E-state index < -0.39 is 36.8 Å². The van der Waals surface area contributed by atoms with Crippen LogP contribution in [-0.4, -0.2) is 66.5 Å².